The van der Waals surface area contributed by atoms with Gasteiger partial charge >= 0.3 is 10.2 Å². The molecule has 0 atom stereocenters. The Morgan fingerprint density at radius 2 is 2.06 bits per heavy atom. The maximum absolute atomic E-state index is 12.1. The molecule has 0 aromatic heterocycles. The van der Waals surface area contributed by atoms with Gasteiger partial charge in [-0.1, -0.05) is 34.8 Å². The number of benzene rings is 1. The van der Waals surface area contributed by atoms with Gasteiger partial charge < -0.3 is 0 Å². The van der Waals surface area contributed by atoms with Crippen LogP contribution in [0, 0.1) is 0 Å². The molecule has 17 heavy (non-hydrogen) atoms. The van der Waals surface area contributed by atoms with Gasteiger partial charge in [-0.05, 0) is 12.0 Å². The summed E-state index contributed by atoms with van der Waals surface area (Å²) < 4.78 is 26.5. The van der Waals surface area contributed by atoms with Crippen LogP contribution in [0.2, 0.25) is 0 Å². The lowest BCUT2D eigenvalue weighted by molar-refractivity contribution is -0.0335. The maximum atomic E-state index is 12.1. The van der Waals surface area contributed by atoms with Crippen LogP contribution in [-0.4, -0.2) is 37.4 Å². The molecule has 0 radical (unpaired) electrons. The van der Waals surface area contributed by atoms with Gasteiger partial charge in [0, 0.05) is 20.1 Å². The molecule has 0 amide bonds. The van der Waals surface area contributed by atoms with Gasteiger partial charge in [-0.15, -0.1) is 0 Å². The van der Waals surface area contributed by atoms with Gasteiger partial charge in [-0.25, -0.2) is 0 Å². The normalized spacial score (nSPS) is 17.8. The Morgan fingerprint density at radius 1 is 1.35 bits per heavy atom. The van der Waals surface area contributed by atoms with E-state index in [0.29, 0.717) is 19.7 Å². The van der Waals surface area contributed by atoms with E-state index >= 15 is 0 Å². The molecule has 1 aromatic carbocycles. The van der Waals surface area contributed by atoms with Crippen molar-refractivity contribution in [1.29, 1.82) is 0 Å². The third kappa shape index (κ3) is 2.84. The summed E-state index contributed by atoms with van der Waals surface area (Å²) in [6.07, 6.45) is 0.748. The topological polar surface area (TPSA) is 49.9 Å². The van der Waals surface area contributed by atoms with Crippen molar-refractivity contribution in [2.24, 2.45) is 0 Å². The molecule has 0 N–H and O–H groups in total. The van der Waals surface area contributed by atoms with Gasteiger partial charge in [0.25, 0.3) is 0 Å². The first-order valence-corrected chi connectivity index (χ1v) is 6.91. The third-order valence-electron chi connectivity index (χ3n) is 2.62. The van der Waals surface area contributed by atoms with Crippen LogP contribution in [-0.2, 0) is 21.6 Å². The molecule has 5 nitrogen and oxygen atoms in total. The zero-order valence-corrected chi connectivity index (χ0v) is 10.6. The van der Waals surface area contributed by atoms with E-state index in [1.165, 1.54) is 4.31 Å². The first-order chi connectivity index (χ1) is 8.10. The summed E-state index contributed by atoms with van der Waals surface area (Å²) in [5.41, 5.74) is 0.956. The summed E-state index contributed by atoms with van der Waals surface area (Å²) in [5.74, 6) is 0. The lowest BCUT2D eigenvalue weighted by atomic mass is 10.2. The van der Waals surface area contributed by atoms with Crippen molar-refractivity contribution in [3.8, 4) is 0 Å². The molecule has 0 unspecified atom stereocenters. The fourth-order valence-electron chi connectivity index (χ4n) is 1.68. The summed E-state index contributed by atoms with van der Waals surface area (Å²) >= 11 is 0. The van der Waals surface area contributed by atoms with Crippen LogP contribution in [0.4, 0.5) is 0 Å². The molecule has 0 bridgehead atoms. The number of hydrogen-bond donors (Lipinski definition) is 0. The second kappa shape index (κ2) is 5.14. The summed E-state index contributed by atoms with van der Waals surface area (Å²) in [4.78, 5) is 5.08. The zero-order chi connectivity index (χ0) is 12.3. The van der Waals surface area contributed by atoms with Crippen molar-refractivity contribution >= 4 is 10.2 Å². The molecule has 1 aliphatic rings. The van der Waals surface area contributed by atoms with E-state index < -0.39 is 10.2 Å². The Balaban J connectivity index is 2.06. The average molecular weight is 256 g/mol. The molecule has 0 saturated carbocycles. The van der Waals surface area contributed by atoms with E-state index in [4.69, 9.17) is 4.84 Å². The van der Waals surface area contributed by atoms with E-state index in [9.17, 15) is 8.42 Å². The second-order valence-electron chi connectivity index (χ2n) is 3.96. The van der Waals surface area contributed by atoms with Crippen LogP contribution in [0.3, 0.4) is 0 Å². The highest BCUT2D eigenvalue weighted by Crippen LogP contribution is 2.15. The number of hydrogen-bond acceptors (Lipinski definition) is 3. The van der Waals surface area contributed by atoms with Crippen LogP contribution in [0.5, 0.6) is 0 Å². The minimum absolute atomic E-state index is 0.350. The van der Waals surface area contributed by atoms with Gasteiger partial charge in [0.15, 0.2) is 0 Å². The van der Waals surface area contributed by atoms with Crippen molar-refractivity contribution in [2.45, 2.75) is 13.0 Å². The zero-order valence-electron chi connectivity index (χ0n) is 9.74. The molecular weight excluding hydrogens is 240 g/mol. The molecule has 1 aromatic rings. The predicted molar refractivity (Wildman–Crippen MR) is 64.1 cm³/mol. The lowest BCUT2D eigenvalue weighted by Gasteiger charge is -2.22. The van der Waals surface area contributed by atoms with Crippen LogP contribution < -0.4 is 0 Å². The molecule has 1 fully saturated rings. The van der Waals surface area contributed by atoms with Crippen LogP contribution >= 0.6 is 0 Å². The van der Waals surface area contributed by atoms with Gasteiger partial charge in [0.05, 0.1) is 6.61 Å². The lowest BCUT2D eigenvalue weighted by Crippen LogP contribution is -2.39. The second-order valence-corrected chi connectivity index (χ2v) is 5.89. The van der Waals surface area contributed by atoms with E-state index in [-0.39, 0.29) is 0 Å². The molecular formula is C11H16N2O3S. The number of rotatable bonds is 4. The van der Waals surface area contributed by atoms with Crippen molar-refractivity contribution in [1.82, 2.24) is 8.77 Å². The van der Waals surface area contributed by atoms with E-state index in [2.05, 4.69) is 0 Å². The third-order valence-corrected chi connectivity index (χ3v) is 4.34. The molecule has 1 aliphatic heterocycles. The molecule has 6 heteroatoms. The molecule has 0 aliphatic carbocycles. The van der Waals surface area contributed by atoms with E-state index in [0.717, 1.165) is 16.5 Å². The smallest absolute Gasteiger partial charge is 0.283 e. The summed E-state index contributed by atoms with van der Waals surface area (Å²) in [7, 11) is -1.93. The van der Waals surface area contributed by atoms with E-state index in [1.54, 1.807) is 7.05 Å². The first kappa shape index (κ1) is 12.5. The number of hydroxylamine groups is 1. The molecule has 94 valence electrons. The first-order valence-electron chi connectivity index (χ1n) is 5.51. The molecule has 1 saturated heterocycles. The fourth-order valence-corrected chi connectivity index (χ4v) is 2.87. The van der Waals surface area contributed by atoms with Crippen molar-refractivity contribution in [3.63, 3.8) is 0 Å². The number of nitrogens with zero attached hydrogens (tertiary/aromatic N) is 2. The Labute approximate surface area is 102 Å². The molecule has 0 spiro atoms. The molecule has 1 heterocycles. The SMILES string of the molecule is CN(Cc1ccccc1)S(=O)(=O)N1CCCO1. The Kier molecular flexibility index (Phi) is 3.78. The maximum Gasteiger partial charge on any atom is 0.304 e. The average Bonchev–Trinajstić information content (AvgIpc) is 2.84. The highest BCUT2D eigenvalue weighted by Gasteiger charge is 2.30. The van der Waals surface area contributed by atoms with Gasteiger partial charge in [-0.3, -0.25) is 4.84 Å². The van der Waals surface area contributed by atoms with Crippen molar-refractivity contribution in [3.05, 3.63) is 35.9 Å². The Hall–Kier alpha value is -0.950. The Bertz CT molecular complexity index is 455. The minimum Gasteiger partial charge on any atom is -0.283 e. The Morgan fingerprint density at radius 3 is 2.65 bits per heavy atom. The molecule has 2 rings (SSSR count). The van der Waals surface area contributed by atoms with Gasteiger partial charge in [-0.2, -0.15) is 12.7 Å². The predicted octanol–water partition coefficient (Wildman–Crippen LogP) is 1.00. The van der Waals surface area contributed by atoms with Crippen LogP contribution in [0.1, 0.15) is 12.0 Å². The quantitative estimate of drug-likeness (QED) is 0.807. The monoisotopic (exact) mass is 256 g/mol. The van der Waals surface area contributed by atoms with Crippen LogP contribution in [0.15, 0.2) is 30.3 Å². The summed E-state index contributed by atoms with van der Waals surface area (Å²) in [5, 5.41) is 0. The highest BCUT2D eigenvalue weighted by atomic mass is 32.2. The standard InChI is InChI=1S/C11H16N2O3S/c1-12(10-11-6-3-2-4-7-11)17(14,15)13-8-5-9-16-13/h2-4,6-7H,5,8-10H2,1H3. The minimum atomic E-state index is -3.49. The van der Waals surface area contributed by atoms with Crippen molar-refractivity contribution < 1.29 is 13.3 Å². The van der Waals surface area contributed by atoms with Crippen LogP contribution in [0.25, 0.3) is 0 Å². The van der Waals surface area contributed by atoms with E-state index in [1.807, 2.05) is 30.3 Å². The summed E-state index contributed by atoms with van der Waals surface area (Å²) in [6, 6.07) is 9.49. The largest absolute Gasteiger partial charge is 0.304 e. The highest BCUT2D eigenvalue weighted by molar-refractivity contribution is 7.86. The fraction of sp³-hybridized carbons (Fsp3) is 0.455. The van der Waals surface area contributed by atoms with Gasteiger partial charge in [0.1, 0.15) is 0 Å². The summed E-state index contributed by atoms with van der Waals surface area (Å²) in [6.45, 7) is 1.25. The van der Waals surface area contributed by atoms with Gasteiger partial charge in [0.2, 0.25) is 0 Å². The van der Waals surface area contributed by atoms with Crippen molar-refractivity contribution in [2.75, 3.05) is 20.2 Å².